The molecule has 0 heterocycles. The van der Waals surface area contributed by atoms with Crippen LogP contribution in [-0.2, 0) is 0 Å². The molecule has 0 fully saturated rings. The van der Waals surface area contributed by atoms with Crippen molar-refractivity contribution in [2.45, 2.75) is 18.9 Å². The summed E-state index contributed by atoms with van der Waals surface area (Å²) in [5.41, 5.74) is 6.67. The van der Waals surface area contributed by atoms with Crippen molar-refractivity contribution in [3.63, 3.8) is 0 Å². The van der Waals surface area contributed by atoms with Gasteiger partial charge in [0.2, 0.25) is 0 Å². The molecule has 0 bridgehead atoms. The van der Waals surface area contributed by atoms with Gasteiger partial charge in [0.1, 0.15) is 5.84 Å². The van der Waals surface area contributed by atoms with Crippen LogP contribution in [-0.4, -0.2) is 23.6 Å². The number of nitrogens with one attached hydrogen (secondary N) is 1. The van der Waals surface area contributed by atoms with Crippen molar-refractivity contribution in [1.29, 1.82) is 0 Å². The third-order valence-corrected chi connectivity index (χ3v) is 2.55. The van der Waals surface area contributed by atoms with Crippen molar-refractivity contribution in [2.24, 2.45) is 10.9 Å². The van der Waals surface area contributed by atoms with E-state index in [9.17, 15) is 0 Å². The minimum Gasteiger partial charge on any atom is -0.409 e. The van der Waals surface area contributed by atoms with Crippen LogP contribution in [0.5, 0.6) is 0 Å². The Balaban J connectivity index is 2.80. The second kappa shape index (κ2) is 6.56. The second-order valence-corrected chi connectivity index (χ2v) is 3.78. The van der Waals surface area contributed by atoms with Crippen molar-refractivity contribution in [1.82, 2.24) is 5.32 Å². The number of amidine groups is 1. The van der Waals surface area contributed by atoms with Crippen LogP contribution in [0.25, 0.3) is 0 Å². The molecule has 0 amide bonds. The number of rotatable bonds is 5. The predicted molar refractivity (Wildman–Crippen MR) is 68.9 cm³/mol. The van der Waals surface area contributed by atoms with Crippen LogP contribution < -0.4 is 11.1 Å². The van der Waals surface area contributed by atoms with Crippen LogP contribution in [0.1, 0.15) is 18.4 Å². The van der Waals surface area contributed by atoms with E-state index >= 15 is 0 Å². The maximum absolute atomic E-state index is 8.78. The number of nitrogens with two attached hydrogens (primary N) is 1. The van der Waals surface area contributed by atoms with Gasteiger partial charge in [-0.2, -0.15) is 0 Å². The number of benzene rings is 1. The van der Waals surface area contributed by atoms with E-state index in [1.165, 1.54) is 0 Å². The van der Waals surface area contributed by atoms with Crippen LogP contribution in [0, 0.1) is 12.3 Å². The van der Waals surface area contributed by atoms with E-state index in [-0.39, 0.29) is 17.8 Å². The summed E-state index contributed by atoms with van der Waals surface area (Å²) >= 11 is 0. The number of oxime groups is 1. The van der Waals surface area contributed by atoms with E-state index in [0.717, 1.165) is 5.56 Å². The van der Waals surface area contributed by atoms with Gasteiger partial charge in [-0.25, -0.2) is 0 Å². The fraction of sp³-hybridized carbons (Fsp3) is 0.308. The molecule has 0 aliphatic rings. The quantitative estimate of drug-likeness (QED) is 0.234. The number of terminal acetylenes is 1. The lowest BCUT2D eigenvalue weighted by atomic mass is 9.98. The average Bonchev–Trinajstić information content (AvgIpc) is 2.39. The molecule has 0 saturated heterocycles. The largest absolute Gasteiger partial charge is 0.409 e. The van der Waals surface area contributed by atoms with Crippen molar-refractivity contribution < 1.29 is 5.21 Å². The molecule has 4 N–H and O–H groups in total. The zero-order chi connectivity index (χ0) is 12.7. The second-order valence-electron chi connectivity index (χ2n) is 3.78. The summed E-state index contributed by atoms with van der Waals surface area (Å²) in [7, 11) is 0. The maximum atomic E-state index is 8.78. The molecule has 1 aromatic rings. The molecular formula is C13H17N3O. The summed E-state index contributed by atoms with van der Waals surface area (Å²) < 4.78 is 0. The molecule has 4 nitrogen and oxygen atoms in total. The normalized spacial score (nSPS) is 14.9. The molecule has 0 aliphatic carbocycles. The standard InChI is InChI=1S/C13H17N3O/c1-3-10(2)15-9-12(13(14)16-17)11-7-5-4-6-8-11/h1,4-8,10,12,15,17H,9H2,2H3,(H2,14,16). The van der Waals surface area contributed by atoms with E-state index in [2.05, 4.69) is 16.4 Å². The van der Waals surface area contributed by atoms with Gasteiger partial charge in [-0.15, -0.1) is 6.42 Å². The predicted octanol–water partition coefficient (Wildman–Crippen LogP) is 1.13. The number of nitrogens with zero attached hydrogens (tertiary/aromatic N) is 1. The minimum absolute atomic E-state index is 0.0484. The summed E-state index contributed by atoms with van der Waals surface area (Å²) in [4.78, 5) is 0. The lowest BCUT2D eigenvalue weighted by molar-refractivity contribution is 0.315. The summed E-state index contributed by atoms with van der Waals surface area (Å²) in [6.07, 6.45) is 5.28. The third-order valence-electron chi connectivity index (χ3n) is 2.55. The number of hydrogen-bond donors (Lipinski definition) is 3. The zero-order valence-electron chi connectivity index (χ0n) is 9.80. The molecule has 90 valence electrons. The van der Waals surface area contributed by atoms with Gasteiger partial charge in [0.15, 0.2) is 0 Å². The van der Waals surface area contributed by atoms with E-state index in [1.807, 2.05) is 37.3 Å². The van der Waals surface area contributed by atoms with Gasteiger partial charge in [0.05, 0.1) is 12.0 Å². The smallest absolute Gasteiger partial charge is 0.147 e. The third kappa shape index (κ3) is 3.82. The van der Waals surface area contributed by atoms with Gasteiger partial charge in [0.25, 0.3) is 0 Å². The Kier molecular flexibility index (Phi) is 5.05. The summed E-state index contributed by atoms with van der Waals surface area (Å²) in [6, 6.07) is 9.57. The summed E-state index contributed by atoms with van der Waals surface area (Å²) in [5.74, 6) is 2.57. The zero-order valence-corrected chi connectivity index (χ0v) is 9.80. The van der Waals surface area contributed by atoms with E-state index < -0.39 is 0 Å². The minimum atomic E-state index is -0.183. The topological polar surface area (TPSA) is 70.6 Å². The first kappa shape index (κ1) is 13.1. The molecular weight excluding hydrogens is 214 g/mol. The highest BCUT2D eigenvalue weighted by molar-refractivity contribution is 5.87. The van der Waals surface area contributed by atoms with Gasteiger partial charge < -0.3 is 16.3 Å². The van der Waals surface area contributed by atoms with Crippen LogP contribution >= 0.6 is 0 Å². The van der Waals surface area contributed by atoms with Crippen LogP contribution in [0.2, 0.25) is 0 Å². The van der Waals surface area contributed by atoms with Crippen molar-refractivity contribution in [2.75, 3.05) is 6.54 Å². The summed E-state index contributed by atoms with van der Waals surface area (Å²) in [5, 5.41) is 15.0. The molecule has 0 aliphatic heterocycles. The van der Waals surface area contributed by atoms with Crippen molar-refractivity contribution in [3.05, 3.63) is 35.9 Å². The highest BCUT2D eigenvalue weighted by Gasteiger charge is 2.16. The van der Waals surface area contributed by atoms with E-state index in [4.69, 9.17) is 17.4 Å². The highest BCUT2D eigenvalue weighted by Crippen LogP contribution is 2.14. The van der Waals surface area contributed by atoms with Gasteiger partial charge in [-0.3, -0.25) is 0 Å². The van der Waals surface area contributed by atoms with Crippen LogP contribution in [0.4, 0.5) is 0 Å². The molecule has 17 heavy (non-hydrogen) atoms. The Hall–Kier alpha value is -1.99. The van der Waals surface area contributed by atoms with Gasteiger partial charge >= 0.3 is 0 Å². The first-order valence-electron chi connectivity index (χ1n) is 5.41. The molecule has 0 spiro atoms. The maximum Gasteiger partial charge on any atom is 0.147 e. The molecule has 0 radical (unpaired) electrons. The lowest BCUT2D eigenvalue weighted by Crippen LogP contribution is -2.35. The molecule has 2 unspecified atom stereocenters. The Bertz CT molecular complexity index is 408. The number of hydrogen-bond acceptors (Lipinski definition) is 3. The van der Waals surface area contributed by atoms with Crippen LogP contribution in [0.3, 0.4) is 0 Å². The molecule has 1 aromatic carbocycles. The van der Waals surface area contributed by atoms with Gasteiger partial charge in [0, 0.05) is 6.54 Å². The molecule has 0 aromatic heterocycles. The Labute approximate surface area is 102 Å². The fourth-order valence-corrected chi connectivity index (χ4v) is 1.50. The lowest BCUT2D eigenvalue weighted by Gasteiger charge is -2.18. The molecule has 1 rings (SSSR count). The Morgan fingerprint density at radius 2 is 2.18 bits per heavy atom. The highest BCUT2D eigenvalue weighted by atomic mass is 16.4. The van der Waals surface area contributed by atoms with Gasteiger partial charge in [-0.1, -0.05) is 41.4 Å². The average molecular weight is 231 g/mol. The van der Waals surface area contributed by atoms with Crippen molar-refractivity contribution in [3.8, 4) is 12.3 Å². The molecule has 4 heteroatoms. The van der Waals surface area contributed by atoms with Crippen LogP contribution in [0.15, 0.2) is 35.5 Å². The van der Waals surface area contributed by atoms with E-state index in [1.54, 1.807) is 0 Å². The summed E-state index contributed by atoms with van der Waals surface area (Å²) in [6.45, 7) is 2.42. The molecule has 2 atom stereocenters. The monoisotopic (exact) mass is 231 g/mol. The van der Waals surface area contributed by atoms with Gasteiger partial charge in [-0.05, 0) is 12.5 Å². The van der Waals surface area contributed by atoms with Crippen molar-refractivity contribution >= 4 is 5.84 Å². The molecule has 0 saturated carbocycles. The fourth-order valence-electron chi connectivity index (χ4n) is 1.50. The first-order valence-corrected chi connectivity index (χ1v) is 5.41. The Morgan fingerprint density at radius 3 is 2.71 bits per heavy atom. The first-order chi connectivity index (χ1) is 8.19. The van der Waals surface area contributed by atoms with E-state index in [0.29, 0.717) is 6.54 Å². The Morgan fingerprint density at radius 1 is 1.53 bits per heavy atom. The SMILES string of the molecule is C#CC(C)NCC(/C(N)=N/O)c1ccccc1.